The summed E-state index contributed by atoms with van der Waals surface area (Å²) in [4.78, 5) is 185. The van der Waals surface area contributed by atoms with Gasteiger partial charge in [-0.25, -0.2) is 0 Å². The van der Waals surface area contributed by atoms with E-state index in [1.54, 1.807) is 0 Å². The van der Waals surface area contributed by atoms with E-state index < -0.39 is 177 Å². The molecule has 64 heavy (non-hydrogen) atoms. The van der Waals surface area contributed by atoms with Crippen LogP contribution in [0.5, 0.6) is 0 Å². The quantitative estimate of drug-likeness (QED) is 0.0459. The third-order valence-corrected chi connectivity index (χ3v) is 12.6. The van der Waals surface area contributed by atoms with Crippen molar-refractivity contribution in [3.05, 3.63) is 0 Å². The van der Waals surface area contributed by atoms with Crippen LogP contribution in [0.25, 0.3) is 0 Å². The van der Waals surface area contributed by atoms with Crippen LogP contribution in [-0.2, 0) is 36.5 Å². The first-order chi connectivity index (χ1) is 24.7. The predicted octanol–water partition coefficient (Wildman–Crippen LogP) is -38.2. The van der Waals surface area contributed by atoms with Crippen molar-refractivity contribution >= 4 is 60.8 Å². The summed E-state index contributed by atoms with van der Waals surface area (Å²) in [6, 6.07) is 0. The molecule has 0 heterocycles. The smallest absolute Gasteiger partial charge is 0.810 e. The molecule has 0 unspecified atom stereocenters. The summed E-state index contributed by atoms with van der Waals surface area (Å²) in [6.45, 7) is -7.35. The van der Waals surface area contributed by atoms with Crippen LogP contribution in [0.2, 0.25) is 0 Å². The topological polar surface area (TPSA) is 525 Å². The van der Waals surface area contributed by atoms with E-state index in [1.165, 1.54) is 0 Å². The fourth-order valence-electron chi connectivity index (χ4n) is 4.76. The number of rotatable bonds is 31. The third-order valence-electron chi connectivity index (χ3n) is 6.65. The Hall–Kier alpha value is 14.1. The van der Waals surface area contributed by atoms with Crippen LogP contribution < -0.4 is 489 Å². The first-order valence-corrected chi connectivity index (χ1v) is 28.9. The minimum atomic E-state index is -5.52. The first kappa shape index (κ1) is 97.2. The van der Waals surface area contributed by atoms with Crippen LogP contribution in [0, 0.1) is 0 Å². The Morgan fingerprint density at radius 3 is 0.359 bits per heavy atom. The molecule has 0 aromatic heterocycles. The molecule has 0 amide bonds. The molecule has 0 atom stereocenters. The van der Waals surface area contributed by atoms with Crippen molar-refractivity contribution in [1.29, 1.82) is 0 Å². The van der Waals surface area contributed by atoms with Gasteiger partial charge >= 0.3 is 411 Å². The van der Waals surface area contributed by atoms with Gasteiger partial charge in [0.15, 0.2) is 0 Å². The average Bonchev–Trinajstić information content (AvgIpc) is 2.87. The summed E-state index contributed by atoms with van der Waals surface area (Å²) in [5.74, 6) is 0. The van der Waals surface area contributed by atoms with Crippen molar-refractivity contribution in [2.45, 2.75) is 0 Å². The molecule has 0 saturated carbocycles. The van der Waals surface area contributed by atoms with Gasteiger partial charge in [0, 0.05) is 116 Å². The standard InChI is InChI=1S/C18H52N6O24P8.8K/c25-49(26,27)11-19(3-5-21(13-51(31,32)33)7-9-23(15-53(37,38)39)16-54(40,41)42)1-2-20(12-50(28,29)30)4-6-22(14-52(34,35)36)8-10-24(17-55(43,44)45)18-56(46,47)48;;;;;;;;/h1-18H2,(H2,25,26,27)(H2,28,29,30)(H2,31,32,33)(H2,34,35,36)(H2,37,38,39)(H2,40,41,42)(H2,43,44,45)(H2,46,47,48);;;;;;;;/q;8*+1/p-16. The summed E-state index contributed by atoms with van der Waals surface area (Å²) in [7, 11) is -44.1. The van der Waals surface area contributed by atoms with Crippen LogP contribution in [0.15, 0.2) is 0 Å². The Morgan fingerprint density at radius 2 is 0.266 bits per heavy atom. The normalized spacial score (nSPS) is 12.9. The monoisotopic (exact) mass is 1280 g/mol. The van der Waals surface area contributed by atoms with Crippen molar-refractivity contribution < 1.29 is 526 Å². The van der Waals surface area contributed by atoms with Gasteiger partial charge in [-0.05, 0) is 0 Å². The maximum absolute atomic E-state index is 11.6. The molecule has 0 N–H and O–H groups in total. The van der Waals surface area contributed by atoms with Gasteiger partial charge in [0.1, 0.15) is 0 Å². The molecule has 30 nitrogen and oxygen atoms in total. The maximum atomic E-state index is 11.6. The van der Waals surface area contributed by atoms with Crippen LogP contribution in [-0.4, -0.2) is 145 Å². The molecule has 0 aromatic carbocycles. The first-order valence-electron chi connectivity index (χ1n) is 15.1. The Morgan fingerprint density at radius 1 is 0.188 bits per heavy atom. The van der Waals surface area contributed by atoms with E-state index in [0.29, 0.717) is 19.6 Å². The number of hydrogen-bond donors (Lipinski definition) is 0. The largest absolute Gasteiger partial charge is 1.00 e. The molecule has 0 aromatic rings. The molecule has 0 radical (unpaired) electrons. The fraction of sp³-hybridized carbons (Fsp3) is 1.00. The maximum Gasteiger partial charge on any atom is 1.00 e. The van der Waals surface area contributed by atoms with E-state index in [2.05, 4.69) is 0 Å². The third kappa shape index (κ3) is 68.5. The van der Waals surface area contributed by atoms with E-state index in [0.717, 1.165) is 9.80 Å². The zero-order chi connectivity index (χ0) is 44.2. The molecule has 0 saturated heterocycles. The van der Waals surface area contributed by atoms with Crippen molar-refractivity contribution in [1.82, 2.24) is 29.4 Å². The molecule has 0 bridgehead atoms. The predicted molar refractivity (Wildman–Crippen MR) is 159 cm³/mol. The zero-order valence-corrected chi connectivity index (χ0v) is 68.9. The molecule has 0 aliphatic carbocycles. The number of hydrogen-bond acceptors (Lipinski definition) is 30. The van der Waals surface area contributed by atoms with Crippen LogP contribution >= 0.6 is 60.8 Å². The second-order valence-electron chi connectivity index (χ2n) is 12.3. The molecule has 0 aliphatic rings. The van der Waals surface area contributed by atoms with Crippen molar-refractivity contribution in [2.24, 2.45) is 0 Å². The SMILES string of the molecule is O=P([O-])([O-])CN(CCN(CCN(CCN(CP(=O)([O-])[O-])CP(=O)([O-])[O-])CP(=O)([O-])[O-])CP(=O)([O-])[O-])CCN(CCN(CP(=O)([O-])[O-])CP(=O)([O-])[O-])CP(=O)([O-])[O-].[K+].[K+].[K+].[K+].[K+].[K+].[K+].[K+]. The minimum Gasteiger partial charge on any atom is -0.810 e. The zero-order valence-electron chi connectivity index (χ0n) is 36.8. The van der Waals surface area contributed by atoms with Gasteiger partial charge in [0.05, 0.1) is 0 Å². The van der Waals surface area contributed by atoms with Gasteiger partial charge in [-0.3, -0.25) is 29.4 Å². The van der Waals surface area contributed by atoms with E-state index in [1.807, 2.05) is 0 Å². The van der Waals surface area contributed by atoms with Gasteiger partial charge < -0.3 is 115 Å². The fourth-order valence-corrected chi connectivity index (χ4v) is 11.1. The van der Waals surface area contributed by atoms with Gasteiger partial charge in [0.25, 0.3) is 0 Å². The molecule has 0 rings (SSSR count). The van der Waals surface area contributed by atoms with Crippen LogP contribution in [0.1, 0.15) is 0 Å². The number of nitrogens with zero attached hydrogens (tertiary/aromatic N) is 6. The van der Waals surface area contributed by atoms with Crippen molar-refractivity contribution in [3.63, 3.8) is 0 Å². The van der Waals surface area contributed by atoms with Gasteiger partial charge in [0.2, 0.25) is 0 Å². The Balaban J connectivity index is -0.000000540. The summed E-state index contributed by atoms with van der Waals surface area (Å²) in [5.41, 5.74) is 0. The summed E-state index contributed by atoms with van der Waals surface area (Å²) in [6.07, 6.45) is -11.6. The van der Waals surface area contributed by atoms with Crippen molar-refractivity contribution in [3.8, 4) is 0 Å². The second kappa shape index (κ2) is 46.4. The minimum absolute atomic E-state index is 0. The summed E-state index contributed by atoms with van der Waals surface area (Å²) in [5, 5.41) is 0. The Labute approximate surface area is 711 Å². The average molecular weight is 1280 g/mol. The van der Waals surface area contributed by atoms with Crippen LogP contribution in [0.3, 0.4) is 0 Å². The van der Waals surface area contributed by atoms with E-state index >= 15 is 0 Å². The van der Waals surface area contributed by atoms with Crippen molar-refractivity contribution in [2.75, 3.05) is 116 Å². The van der Waals surface area contributed by atoms with E-state index in [4.69, 9.17) is 0 Å². The summed E-state index contributed by atoms with van der Waals surface area (Å²) >= 11 is 0. The van der Waals surface area contributed by atoms with Gasteiger partial charge in [-0.1, -0.05) is 60.8 Å². The van der Waals surface area contributed by atoms with Gasteiger partial charge in [-0.2, -0.15) is 0 Å². The molecular formula is C18H36K8N6O24P8-8. The van der Waals surface area contributed by atoms with E-state index in [9.17, 15) is 115 Å². The molecule has 0 spiro atoms. The molecule has 338 valence electrons. The van der Waals surface area contributed by atoms with Gasteiger partial charge in [-0.15, -0.1) is 0 Å². The second-order valence-corrected chi connectivity index (χ2v) is 24.3. The molecule has 0 aliphatic heterocycles. The van der Waals surface area contributed by atoms with E-state index in [-0.39, 0.29) is 411 Å². The molecular weight excluding hydrogens is 1240 g/mol. The molecule has 46 heteroatoms. The Bertz CT molecular complexity index is 1470. The summed E-state index contributed by atoms with van der Waals surface area (Å²) < 4.78 is 91.0. The van der Waals surface area contributed by atoms with Crippen LogP contribution in [0.4, 0.5) is 0 Å². The molecule has 0 fully saturated rings. The Kier molecular flexibility index (Phi) is 70.4.